The van der Waals surface area contributed by atoms with Gasteiger partial charge in [-0.1, -0.05) is 70.1 Å². The third kappa shape index (κ3) is 11.0. The van der Waals surface area contributed by atoms with E-state index in [1.54, 1.807) is 12.1 Å². The van der Waals surface area contributed by atoms with Gasteiger partial charge in [-0.25, -0.2) is 4.79 Å². The van der Waals surface area contributed by atoms with E-state index in [1.807, 2.05) is 18.2 Å². The first kappa shape index (κ1) is 21.7. The number of benzene rings is 1. The SMILES string of the molecule is CCCCCCCCCCC[N+](C)(C)CCOC(=O)c1ccccc1. The van der Waals surface area contributed by atoms with Crippen LogP contribution in [0.4, 0.5) is 0 Å². The number of hydrogen-bond acceptors (Lipinski definition) is 2. The lowest BCUT2D eigenvalue weighted by atomic mass is 10.1. The van der Waals surface area contributed by atoms with Crippen LogP contribution in [-0.2, 0) is 4.74 Å². The maximum Gasteiger partial charge on any atom is 0.338 e. The average molecular weight is 349 g/mol. The first-order valence-corrected chi connectivity index (χ1v) is 10.1. The monoisotopic (exact) mass is 348 g/mol. The van der Waals surface area contributed by atoms with Crippen LogP contribution in [0.25, 0.3) is 0 Å². The van der Waals surface area contributed by atoms with E-state index < -0.39 is 0 Å². The molecule has 0 saturated heterocycles. The normalized spacial score (nSPS) is 11.5. The summed E-state index contributed by atoms with van der Waals surface area (Å²) in [6.45, 7) is 4.77. The fourth-order valence-corrected chi connectivity index (χ4v) is 3.01. The molecule has 0 aliphatic carbocycles. The van der Waals surface area contributed by atoms with Gasteiger partial charge in [-0.3, -0.25) is 0 Å². The number of ether oxygens (including phenoxy) is 1. The van der Waals surface area contributed by atoms with Gasteiger partial charge in [0.15, 0.2) is 0 Å². The zero-order valence-electron chi connectivity index (χ0n) is 16.6. The smallest absolute Gasteiger partial charge is 0.338 e. The number of hydrogen-bond donors (Lipinski definition) is 0. The van der Waals surface area contributed by atoms with Crippen molar-refractivity contribution in [3.8, 4) is 0 Å². The van der Waals surface area contributed by atoms with Crippen LogP contribution < -0.4 is 0 Å². The van der Waals surface area contributed by atoms with E-state index in [0.717, 1.165) is 17.6 Å². The van der Waals surface area contributed by atoms with E-state index in [9.17, 15) is 4.79 Å². The highest BCUT2D eigenvalue weighted by Gasteiger charge is 2.16. The van der Waals surface area contributed by atoms with E-state index >= 15 is 0 Å². The van der Waals surface area contributed by atoms with Gasteiger partial charge < -0.3 is 9.22 Å². The molecule has 1 aromatic carbocycles. The molecule has 0 aromatic heterocycles. The largest absolute Gasteiger partial charge is 0.456 e. The number of quaternary nitrogens is 1. The predicted octanol–water partition coefficient (Wildman–Crippen LogP) is 5.45. The van der Waals surface area contributed by atoms with E-state index in [4.69, 9.17) is 4.74 Å². The predicted molar refractivity (Wildman–Crippen MR) is 106 cm³/mol. The van der Waals surface area contributed by atoms with Crippen LogP contribution in [0, 0.1) is 0 Å². The Balaban J connectivity index is 2.04. The summed E-state index contributed by atoms with van der Waals surface area (Å²) in [5.41, 5.74) is 0.631. The van der Waals surface area contributed by atoms with Crippen molar-refractivity contribution in [2.75, 3.05) is 33.8 Å². The Hall–Kier alpha value is -1.35. The van der Waals surface area contributed by atoms with Crippen LogP contribution in [0.2, 0.25) is 0 Å². The summed E-state index contributed by atoms with van der Waals surface area (Å²) in [7, 11) is 4.45. The van der Waals surface area contributed by atoms with Crippen LogP contribution in [0.1, 0.15) is 75.1 Å². The Morgan fingerprint density at radius 2 is 1.40 bits per heavy atom. The molecular weight excluding hydrogens is 310 g/mol. The number of likely N-dealkylation sites (N-methyl/N-ethyl adjacent to an activating group) is 1. The minimum absolute atomic E-state index is 0.219. The van der Waals surface area contributed by atoms with Gasteiger partial charge >= 0.3 is 5.97 Å². The highest BCUT2D eigenvalue weighted by atomic mass is 16.5. The number of rotatable bonds is 14. The molecule has 0 N–H and O–H groups in total. The first-order chi connectivity index (χ1) is 12.0. The minimum Gasteiger partial charge on any atom is -0.456 e. The van der Waals surface area contributed by atoms with Crippen molar-refractivity contribution in [3.05, 3.63) is 35.9 Å². The first-order valence-electron chi connectivity index (χ1n) is 10.1. The number of carbonyl (C=O) groups is 1. The molecular formula is C22H38NO2+. The zero-order valence-corrected chi connectivity index (χ0v) is 16.6. The van der Waals surface area contributed by atoms with Gasteiger partial charge in [-0.2, -0.15) is 0 Å². The molecule has 0 aliphatic heterocycles. The zero-order chi connectivity index (χ0) is 18.4. The van der Waals surface area contributed by atoms with E-state index in [0.29, 0.717) is 12.2 Å². The number of unbranched alkanes of at least 4 members (excludes halogenated alkanes) is 8. The fourth-order valence-electron chi connectivity index (χ4n) is 3.01. The van der Waals surface area contributed by atoms with Crippen molar-refractivity contribution in [3.63, 3.8) is 0 Å². The number of carbonyl (C=O) groups excluding carboxylic acids is 1. The number of nitrogens with zero attached hydrogens (tertiary/aromatic N) is 1. The number of esters is 1. The van der Waals surface area contributed by atoms with E-state index in [-0.39, 0.29) is 5.97 Å². The lowest BCUT2D eigenvalue weighted by Gasteiger charge is -2.29. The molecule has 0 aliphatic rings. The van der Waals surface area contributed by atoms with Crippen molar-refractivity contribution in [2.45, 2.75) is 64.7 Å². The third-order valence-corrected chi connectivity index (χ3v) is 4.81. The van der Waals surface area contributed by atoms with Crippen LogP contribution in [0.5, 0.6) is 0 Å². The van der Waals surface area contributed by atoms with E-state index in [2.05, 4.69) is 21.0 Å². The maximum absolute atomic E-state index is 11.9. The maximum atomic E-state index is 11.9. The molecule has 3 heteroatoms. The Bertz CT molecular complexity index is 456. The van der Waals surface area contributed by atoms with Crippen molar-refractivity contribution in [1.82, 2.24) is 0 Å². The highest BCUT2D eigenvalue weighted by molar-refractivity contribution is 5.89. The van der Waals surface area contributed by atoms with Crippen molar-refractivity contribution >= 4 is 5.97 Å². The molecule has 0 spiro atoms. The van der Waals surface area contributed by atoms with Crippen LogP contribution in [0.3, 0.4) is 0 Å². The summed E-state index contributed by atoms with van der Waals surface area (Å²) in [4.78, 5) is 11.9. The Labute approximate surface area is 155 Å². The second kappa shape index (κ2) is 12.9. The van der Waals surface area contributed by atoms with Crippen molar-refractivity contribution in [2.24, 2.45) is 0 Å². The molecule has 3 nitrogen and oxygen atoms in total. The van der Waals surface area contributed by atoms with Crippen LogP contribution in [0.15, 0.2) is 30.3 Å². The summed E-state index contributed by atoms with van der Waals surface area (Å²) in [5.74, 6) is -0.219. The average Bonchev–Trinajstić information content (AvgIpc) is 2.61. The summed E-state index contributed by atoms with van der Waals surface area (Å²) in [6, 6.07) is 9.22. The fraction of sp³-hybridized carbons (Fsp3) is 0.682. The van der Waals surface area contributed by atoms with Gasteiger partial charge in [0.05, 0.1) is 26.2 Å². The summed E-state index contributed by atoms with van der Waals surface area (Å²) in [5, 5.41) is 0. The van der Waals surface area contributed by atoms with Crippen molar-refractivity contribution in [1.29, 1.82) is 0 Å². The van der Waals surface area contributed by atoms with Crippen molar-refractivity contribution < 1.29 is 14.0 Å². The van der Waals surface area contributed by atoms with Gasteiger partial charge in [-0.05, 0) is 25.0 Å². The second-order valence-electron chi connectivity index (χ2n) is 7.71. The molecule has 0 saturated carbocycles. The molecule has 0 fully saturated rings. The Morgan fingerprint density at radius 1 is 0.840 bits per heavy atom. The Morgan fingerprint density at radius 3 is 2.00 bits per heavy atom. The molecule has 1 aromatic rings. The van der Waals surface area contributed by atoms with Gasteiger partial charge in [0.25, 0.3) is 0 Å². The standard InChI is InChI=1S/C22H38NO2/c1-4-5-6-7-8-9-10-11-15-18-23(2,3)19-20-25-22(24)21-16-13-12-14-17-21/h12-14,16-17H,4-11,15,18-20H2,1-3H3/q+1. The van der Waals surface area contributed by atoms with Gasteiger partial charge in [0.2, 0.25) is 0 Å². The molecule has 25 heavy (non-hydrogen) atoms. The molecule has 0 bridgehead atoms. The third-order valence-electron chi connectivity index (χ3n) is 4.81. The highest BCUT2D eigenvalue weighted by Crippen LogP contribution is 2.11. The van der Waals surface area contributed by atoms with Crippen LogP contribution >= 0.6 is 0 Å². The topological polar surface area (TPSA) is 26.3 Å². The minimum atomic E-state index is -0.219. The molecule has 0 heterocycles. The van der Waals surface area contributed by atoms with Gasteiger partial charge in [-0.15, -0.1) is 0 Å². The summed E-state index contributed by atoms with van der Waals surface area (Å²) >= 11 is 0. The molecule has 0 unspecified atom stereocenters. The van der Waals surface area contributed by atoms with Crippen LogP contribution in [-0.4, -0.2) is 44.2 Å². The van der Waals surface area contributed by atoms with Gasteiger partial charge in [0, 0.05) is 0 Å². The second-order valence-corrected chi connectivity index (χ2v) is 7.71. The molecule has 142 valence electrons. The molecule has 0 atom stereocenters. The summed E-state index contributed by atoms with van der Waals surface area (Å²) in [6.07, 6.45) is 12.2. The molecule has 0 radical (unpaired) electrons. The van der Waals surface area contributed by atoms with Gasteiger partial charge in [0.1, 0.15) is 13.2 Å². The molecule has 1 rings (SSSR count). The quantitative estimate of drug-likeness (QED) is 0.254. The van der Waals surface area contributed by atoms with E-state index in [1.165, 1.54) is 57.8 Å². The lowest BCUT2D eigenvalue weighted by molar-refractivity contribution is -0.890. The summed E-state index contributed by atoms with van der Waals surface area (Å²) < 4.78 is 6.32. The Kier molecular flexibility index (Phi) is 11.2. The molecule has 0 amide bonds. The lowest BCUT2D eigenvalue weighted by Crippen LogP contribution is -2.43.